The van der Waals surface area contributed by atoms with Gasteiger partial charge in [-0.3, -0.25) is 19.4 Å². The molecule has 27 heavy (non-hydrogen) atoms. The number of likely N-dealkylation sites (tertiary alicyclic amines) is 2. The molecule has 6 nitrogen and oxygen atoms in total. The predicted octanol–water partition coefficient (Wildman–Crippen LogP) is 2.26. The summed E-state index contributed by atoms with van der Waals surface area (Å²) in [6, 6.07) is 8.08. The summed E-state index contributed by atoms with van der Waals surface area (Å²) in [5.41, 5.74) is 2.38. The van der Waals surface area contributed by atoms with E-state index in [4.69, 9.17) is 0 Å². The van der Waals surface area contributed by atoms with E-state index < -0.39 is 0 Å². The van der Waals surface area contributed by atoms with Gasteiger partial charge in [-0.1, -0.05) is 6.07 Å². The number of piperidine rings is 2. The Morgan fingerprint density at radius 2 is 1.96 bits per heavy atom. The maximum atomic E-state index is 12.6. The minimum absolute atomic E-state index is 0.213. The fraction of sp³-hybridized carbons (Fsp3) is 0.571. The van der Waals surface area contributed by atoms with Crippen molar-refractivity contribution in [3.05, 3.63) is 48.0 Å². The van der Waals surface area contributed by atoms with E-state index in [2.05, 4.69) is 27.1 Å². The van der Waals surface area contributed by atoms with Crippen LogP contribution >= 0.6 is 0 Å². The molecular formula is C21H29N5O. The van der Waals surface area contributed by atoms with Crippen LogP contribution in [-0.4, -0.2) is 56.7 Å². The maximum Gasteiger partial charge on any atom is 0.228 e. The Balaban J connectivity index is 1.31. The van der Waals surface area contributed by atoms with Crippen LogP contribution in [0.3, 0.4) is 0 Å². The average Bonchev–Trinajstić information content (AvgIpc) is 3.08. The van der Waals surface area contributed by atoms with Gasteiger partial charge in [0.05, 0.1) is 17.8 Å². The van der Waals surface area contributed by atoms with Crippen molar-refractivity contribution in [3.63, 3.8) is 0 Å². The van der Waals surface area contributed by atoms with Gasteiger partial charge in [-0.25, -0.2) is 0 Å². The van der Waals surface area contributed by atoms with Crippen LogP contribution in [0.15, 0.2) is 36.7 Å². The molecular weight excluding hydrogens is 338 g/mol. The molecule has 0 bridgehead atoms. The van der Waals surface area contributed by atoms with Gasteiger partial charge >= 0.3 is 0 Å². The lowest BCUT2D eigenvalue weighted by molar-refractivity contribution is -0.133. The third-order valence-electron chi connectivity index (χ3n) is 6.13. The van der Waals surface area contributed by atoms with Crippen molar-refractivity contribution >= 4 is 5.91 Å². The second kappa shape index (κ2) is 7.80. The van der Waals surface area contributed by atoms with Crippen LogP contribution in [0.4, 0.5) is 0 Å². The molecule has 1 spiro atoms. The smallest absolute Gasteiger partial charge is 0.228 e. The number of hydrogen-bond donors (Lipinski definition) is 0. The normalized spacial score (nSPS) is 20.1. The molecule has 0 N–H and O–H groups in total. The van der Waals surface area contributed by atoms with Crippen molar-refractivity contribution in [2.75, 3.05) is 26.2 Å². The first-order valence-corrected chi connectivity index (χ1v) is 10.0. The number of nitrogens with zero attached hydrogens (tertiary/aromatic N) is 5. The van der Waals surface area contributed by atoms with E-state index >= 15 is 0 Å². The van der Waals surface area contributed by atoms with Crippen LogP contribution in [0, 0.1) is 5.41 Å². The minimum atomic E-state index is 0.213. The predicted molar refractivity (Wildman–Crippen MR) is 104 cm³/mol. The highest BCUT2D eigenvalue weighted by Crippen LogP contribution is 2.40. The van der Waals surface area contributed by atoms with E-state index in [9.17, 15) is 4.79 Å². The molecule has 1 amide bonds. The SMILES string of the molecule is Cn1ccc(CC(=O)N2CCC3(CCCN(Cc4ccccn4)C3)CC2)n1. The first-order valence-electron chi connectivity index (χ1n) is 10.0. The molecule has 2 fully saturated rings. The van der Waals surface area contributed by atoms with Crippen molar-refractivity contribution in [2.45, 2.75) is 38.6 Å². The van der Waals surface area contributed by atoms with Gasteiger partial charge in [0.1, 0.15) is 0 Å². The van der Waals surface area contributed by atoms with Gasteiger partial charge in [0.15, 0.2) is 0 Å². The zero-order valence-corrected chi connectivity index (χ0v) is 16.2. The van der Waals surface area contributed by atoms with Crippen molar-refractivity contribution in [1.82, 2.24) is 24.6 Å². The van der Waals surface area contributed by atoms with E-state index in [1.165, 1.54) is 12.8 Å². The Morgan fingerprint density at radius 3 is 2.67 bits per heavy atom. The van der Waals surface area contributed by atoms with Crippen LogP contribution in [0.25, 0.3) is 0 Å². The Bertz CT molecular complexity index is 764. The Kier molecular flexibility index (Phi) is 5.25. The minimum Gasteiger partial charge on any atom is -0.342 e. The number of aryl methyl sites for hydroxylation is 1. The van der Waals surface area contributed by atoms with E-state index in [0.717, 1.165) is 57.0 Å². The third kappa shape index (κ3) is 4.38. The topological polar surface area (TPSA) is 54.3 Å². The molecule has 2 aliphatic rings. The highest BCUT2D eigenvalue weighted by atomic mass is 16.2. The van der Waals surface area contributed by atoms with Gasteiger partial charge in [-0.2, -0.15) is 5.10 Å². The molecule has 6 heteroatoms. The Morgan fingerprint density at radius 1 is 1.11 bits per heavy atom. The molecule has 2 saturated heterocycles. The summed E-state index contributed by atoms with van der Waals surface area (Å²) >= 11 is 0. The van der Waals surface area contributed by atoms with Gasteiger partial charge in [-0.15, -0.1) is 0 Å². The molecule has 2 aliphatic heterocycles. The van der Waals surface area contributed by atoms with Gasteiger partial charge < -0.3 is 4.90 Å². The summed E-state index contributed by atoms with van der Waals surface area (Å²) < 4.78 is 1.76. The van der Waals surface area contributed by atoms with Gasteiger partial charge in [0.25, 0.3) is 0 Å². The van der Waals surface area contributed by atoms with Crippen molar-refractivity contribution in [2.24, 2.45) is 12.5 Å². The third-order valence-corrected chi connectivity index (χ3v) is 6.13. The zero-order chi connectivity index (χ0) is 18.7. The summed E-state index contributed by atoms with van der Waals surface area (Å²) in [4.78, 5) is 21.7. The van der Waals surface area contributed by atoms with Crippen molar-refractivity contribution < 1.29 is 4.79 Å². The zero-order valence-electron chi connectivity index (χ0n) is 16.2. The number of carbonyl (C=O) groups is 1. The molecule has 0 aromatic carbocycles. The first kappa shape index (κ1) is 18.2. The van der Waals surface area contributed by atoms with Gasteiger partial charge in [0, 0.05) is 45.6 Å². The summed E-state index contributed by atoms with van der Waals surface area (Å²) in [6.45, 7) is 4.98. The fourth-order valence-corrected chi connectivity index (χ4v) is 4.63. The second-order valence-electron chi connectivity index (χ2n) is 8.17. The lowest BCUT2D eigenvalue weighted by Crippen LogP contribution is -2.50. The summed E-state index contributed by atoms with van der Waals surface area (Å²) in [5.74, 6) is 0.213. The number of rotatable bonds is 4. The van der Waals surface area contributed by atoms with E-state index in [1.807, 2.05) is 36.5 Å². The van der Waals surface area contributed by atoms with Crippen LogP contribution < -0.4 is 0 Å². The number of pyridine rings is 1. The summed E-state index contributed by atoms with van der Waals surface area (Å²) in [5, 5.41) is 4.34. The van der Waals surface area contributed by atoms with E-state index in [-0.39, 0.29) is 5.91 Å². The number of aromatic nitrogens is 3. The monoisotopic (exact) mass is 367 g/mol. The first-order chi connectivity index (χ1) is 13.1. The molecule has 0 aliphatic carbocycles. The summed E-state index contributed by atoms with van der Waals surface area (Å²) in [6.07, 6.45) is 8.94. The quantitative estimate of drug-likeness (QED) is 0.832. The Hall–Kier alpha value is -2.21. The van der Waals surface area contributed by atoms with Gasteiger partial charge in [-0.05, 0) is 55.8 Å². The van der Waals surface area contributed by atoms with Crippen LogP contribution in [0.5, 0.6) is 0 Å². The second-order valence-corrected chi connectivity index (χ2v) is 8.17. The maximum absolute atomic E-state index is 12.6. The lowest BCUT2D eigenvalue weighted by Gasteiger charge is -2.47. The molecule has 2 aromatic heterocycles. The highest BCUT2D eigenvalue weighted by molar-refractivity contribution is 5.78. The number of hydrogen-bond acceptors (Lipinski definition) is 4. The molecule has 0 saturated carbocycles. The molecule has 4 rings (SSSR count). The number of carbonyl (C=O) groups excluding carboxylic acids is 1. The number of amides is 1. The molecule has 0 atom stereocenters. The summed E-state index contributed by atoms with van der Waals surface area (Å²) in [7, 11) is 1.89. The molecule has 2 aromatic rings. The largest absolute Gasteiger partial charge is 0.342 e. The average molecular weight is 367 g/mol. The van der Waals surface area contributed by atoms with Crippen LogP contribution in [-0.2, 0) is 24.8 Å². The Labute approximate surface area is 161 Å². The molecule has 4 heterocycles. The molecule has 144 valence electrons. The standard InChI is InChI=1S/C21H29N5O/c1-24-12-6-18(23-24)15-20(27)26-13-8-21(9-14-26)7-4-11-25(17-21)16-19-5-2-3-10-22-19/h2-3,5-6,10,12H,4,7-9,11,13-17H2,1H3. The highest BCUT2D eigenvalue weighted by Gasteiger charge is 2.39. The van der Waals surface area contributed by atoms with Crippen molar-refractivity contribution in [1.29, 1.82) is 0 Å². The molecule has 0 radical (unpaired) electrons. The van der Waals surface area contributed by atoms with E-state index in [0.29, 0.717) is 11.8 Å². The molecule has 0 unspecified atom stereocenters. The lowest BCUT2D eigenvalue weighted by atomic mass is 9.72. The van der Waals surface area contributed by atoms with Crippen LogP contribution in [0.1, 0.15) is 37.1 Å². The van der Waals surface area contributed by atoms with Crippen LogP contribution in [0.2, 0.25) is 0 Å². The van der Waals surface area contributed by atoms with Gasteiger partial charge in [0.2, 0.25) is 5.91 Å². The van der Waals surface area contributed by atoms with Crippen molar-refractivity contribution in [3.8, 4) is 0 Å². The fourth-order valence-electron chi connectivity index (χ4n) is 4.63. The van der Waals surface area contributed by atoms with E-state index in [1.54, 1.807) is 4.68 Å².